The largest absolute Gasteiger partial charge is 0.273 e. The fraction of sp³-hybridized carbons (Fsp3) is 0.417. The zero-order chi connectivity index (χ0) is 11.6. The van der Waals surface area contributed by atoms with Gasteiger partial charge in [0.25, 0.3) is 0 Å². The normalized spacial score (nSPS) is 10.2. The lowest BCUT2D eigenvalue weighted by atomic mass is 10.0. The van der Waals surface area contributed by atoms with E-state index >= 15 is 0 Å². The van der Waals surface area contributed by atoms with Crippen molar-refractivity contribution >= 4 is 11.6 Å². The average Bonchev–Trinajstić information content (AvgIpc) is 2.09. The van der Waals surface area contributed by atoms with E-state index in [9.17, 15) is 4.79 Å². The summed E-state index contributed by atoms with van der Waals surface area (Å²) in [6, 6.07) is 4.08. The van der Waals surface area contributed by atoms with E-state index in [0.29, 0.717) is 0 Å². The minimum atomic E-state index is -0.118. The molecular weight excluding hydrogens is 190 g/mol. The van der Waals surface area contributed by atoms with Crippen LogP contribution in [0.4, 0.5) is 5.69 Å². The molecule has 0 spiro atoms. The van der Waals surface area contributed by atoms with Gasteiger partial charge in [0.2, 0.25) is 5.91 Å². The van der Waals surface area contributed by atoms with Crippen LogP contribution in [0.2, 0.25) is 0 Å². The van der Waals surface area contributed by atoms with E-state index in [1.165, 1.54) is 24.7 Å². The Bertz CT molecular complexity index is 362. The molecule has 0 heterocycles. The number of hydrogen-bond donors (Lipinski definition) is 0. The standard InChI is InChI=1S/C12H17NO2/c1-8-6-9(2)12(10(3)7-8)13(15-5)11(4)14/h6-7H,1-5H3. The lowest BCUT2D eigenvalue weighted by Gasteiger charge is -2.22. The van der Waals surface area contributed by atoms with E-state index in [4.69, 9.17) is 4.84 Å². The lowest BCUT2D eigenvalue weighted by Crippen LogP contribution is -2.28. The van der Waals surface area contributed by atoms with Crippen molar-refractivity contribution < 1.29 is 9.63 Å². The topological polar surface area (TPSA) is 29.5 Å². The van der Waals surface area contributed by atoms with Gasteiger partial charge in [0, 0.05) is 6.92 Å². The van der Waals surface area contributed by atoms with Gasteiger partial charge in [-0.2, -0.15) is 5.06 Å². The maximum absolute atomic E-state index is 11.4. The van der Waals surface area contributed by atoms with Crippen molar-refractivity contribution in [2.45, 2.75) is 27.7 Å². The van der Waals surface area contributed by atoms with Crippen LogP contribution in [0.25, 0.3) is 0 Å². The lowest BCUT2D eigenvalue weighted by molar-refractivity contribution is -0.122. The highest BCUT2D eigenvalue weighted by atomic mass is 16.7. The minimum absolute atomic E-state index is 0.118. The number of carbonyl (C=O) groups is 1. The van der Waals surface area contributed by atoms with Gasteiger partial charge < -0.3 is 0 Å². The summed E-state index contributed by atoms with van der Waals surface area (Å²) in [5, 5.41) is 1.32. The Morgan fingerprint density at radius 1 is 1.20 bits per heavy atom. The fourth-order valence-corrected chi connectivity index (χ4v) is 1.87. The number of anilines is 1. The molecule has 0 aromatic heterocycles. The first kappa shape index (κ1) is 11.7. The van der Waals surface area contributed by atoms with E-state index in [0.717, 1.165) is 16.8 Å². The zero-order valence-electron chi connectivity index (χ0n) is 9.92. The molecule has 0 bridgehead atoms. The van der Waals surface area contributed by atoms with E-state index in [-0.39, 0.29) is 5.91 Å². The van der Waals surface area contributed by atoms with Gasteiger partial charge in [-0.3, -0.25) is 9.63 Å². The van der Waals surface area contributed by atoms with Gasteiger partial charge in [-0.1, -0.05) is 17.7 Å². The number of hydrogen-bond acceptors (Lipinski definition) is 2. The molecule has 0 aliphatic carbocycles. The summed E-state index contributed by atoms with van der Waals surface area (Å²) in [4.78, 5) is 16.4. The maximum atomic E-state index is 11.4. The number of hydroxylamine groups is 1. The molecular formula is C12H17NO2. The Balaban J connectivity index is 3.29. The monoisotopic (exact) mass is 207 g/mol. The Morgan fingerprint density at radius 2 is 1.67 bits per heavy atom. The summed E-state index contributed by atoms with van der Waals surface area (Å²) in [6.07, 6.45) is 0. The predicted molar refractivity (Wildman–Crippen MR) is 60.8 cm³/mol. The van der Waals surface area contributed by atoms with Gasteiger partial charge in [-0.25, -0.2) is 0 Å². The van der Waals surface area contributed by atoms with E-state index in [1.807, 2.05) is 32.9 Å². The van der Waals surface area contributed by atoms with Gasteiger partial charge in [-0.05, 0) is 31.9 Å². The number of rotatable bonds is 2. The second-order valence-electron chi connectivity index (χ2n) is 3.74. The molecule has 3 nitrogen and oxygen atoms in total. The molecule has 0 saturated heterocycles. The first-order valence-electron chi connectivity index (χ1n) is 4.90. The molecule has 0 atom stereocenters. The van der Waals surface area contributed by atoms with Gasteiger partial charge in [0.05, 0.1) is 12.8 Å². The number of amides is 1. The number of benzene rings is 1. The smallest absolute Gasteiger partial charge is 0.247 e. The van der Waals surface area contributed by atoms with Crippen LogP contribution < -0.4 is 5.06 Å². The van der Waals surface area contributed by atoms with Crippen LogP contribution in [0.3, 0.4) is 0 Å². The second-order valence-corrected chi connectivity index (χ2v) is 3.74. The molecule has 0 radical (unpaired) electrons. The molecule has 0 unspecified atom stereocenters. The third-order valence-electron chi connectivity index (χ3n) is 2.31. The summed E-state index contributed by atoms with van der Waals surface area (Å²) in [5.74, 6) is -0.118. The van der Waals surface area contributed by atoms with Crippen LogP contribution in [0.15, 0.2) is 12.1 Å². The fourth-order valence-electron chi connectivity index (χ4n) is 1.87. The molecule has 0 saturated carbocycles. The van der Waals surface area contributed by atoms with Gasteiger partial charge in [0.1, 0.15) is 0 Å². The first-order chi connectivity index (χ1) is 6.97. The number of carbonyl (C=O) groups excluding carboxylic acids is 1. The molecule has 1 rings (SSSR count). The number of aryl methyl sites for hydroxylation is 3. The molecule has 1 aromatic rings. The molecule has 82 valence electrons. The summed E-state index contributed by atoms with van der Waals surface area (Å²) in [5.41, 5.74) is 4.12. The van der Waals surface area contributed by atoms with E-state index < -0.39 is 0 Å². The highest BCUT2D eigenvalue weighted by Crippen LogP contribution is 2.26. The average molecular weight is 207 g/mol. The zero-order valence-corrected chi connectivity index (χ0v) is 9.92. The Morgan fingerprint density at radius 3 is 2.00 bits per heavy atom. The Kier molecular flexibility index (Phi) is 3.48. The molecule has 3 heteroatoms. The van der Waals surface area contributed by atoms with E-state index in [1.54, 1.807) is 0 Å². The highest BCUT2D eigenvalue weighted by molar-refractivity contribution is 5.91. The van der Waals surface area contributed by atoms with Crippen molar-refractivity contribution in [3.63, 3.8) is 0 Å². The third kappa shape index (κ3) is 2.36. The highest BCUT2D eigenvalue weighted by Gasteiger charge is 2.15. The number of nitrogens with zero attached hydrogens (tertiary/aromatic N) is 1. The maximum Gasteiger partial charge on any atom is 0.247 e. The summed E-state index contributed by atoms with van der Waals surface area (Å²) in [6.45, 7) is 7.48. The van der Waals surface area contributed by atoms with Crippen molar-refractivity contribution in [1.82, 2.24) is 0 Å². The van der Waals surface area contributed by atoms with Crippen molar-refractivity contribution in [2.75, 3.05) is 12.2 Å². The molecule has 1 amide bonds. The molecule has 0 fully saturated rings. The van der Waals surface area contributed by atoms with Gasteiger partial charge >= 0.3 is 0 Å². The van der Waals surface area contributed by atoms with Crippen LogP contribution in [-0.2, 0) is 9.63 Å². The van der Waals surface area contributed by atoms with Crippen molar-refractivity contribution in [3.8, 4) is 0 Å². The minimum Gasteiger partial charge on any atom is -0.273 e. The van der Waals surface area contributed by atoms with Crippen LogP contribution in [0, 0.1) is 20.8 Å². The molecule has 15 heavy (non-hydrogen) atoms. The van der Waals surface area contributed by atoms with Crippen LogP contribution in [-0.4, -0.2) is 13.0 Å². The first-order valence-corrected chi connectivity index (χ1v) is 4.90. The molecule has 1 aromatic carbocycles. The van der Waals surface area contributed by atoms with E-state index in [2.05, 4.69) is 0 Å². The molecule has 0 N–H and O–H groups in total. The second kappa shape index (κ2) is 4.45. The van der Waals surface area contributed by atoms with Crippen molar-refractivity contribution in [1.29, 1.82) is 0 Å². The van der Waals surface area contributed by atoms with Crippen molar-refractivity contribution in [3.05, 3.63) is 28.8 Å². The third-order valence-corrected chi connectivity index (χ3v) is 2.31. The Labute approximate surface area is 90.6 Å². The van der Waals surface area contributed by atoms with Crippen LogP contribution in [0.1, 0.15) is 23.6 Å². The SMILES string of the molecule is CON(C(C)=O)c1c(C)cc(C)cc1C. The van der Waals surface area contributed by atoms with Crippen LogP contribution in [0.5, 0.6) is 0 Å². The summed E-state index contributed by atoms with van der Waals surface area (Å²) >= 11 is 0. The summed E-state index contributed by atoms with van der Waals surface area (Å²) < 4.78 is 0. The van der Waals surface area contributed by atoms with Gasteiger partial charge in [-0.15, -0.1) is 0 Å². The quantitative estimate of drug-likeness (QED) is 0.697. The molecule has 0 aliphatic heterocycles. The Hall–Kier alpha value is -1.35. The van der Waals surface area contributed by atoms with Gasteiger partial charge in [0.15, 0.2) is 0 Å². The van der Waals surface area contributed by atoms with Crippen LogP contribution >= 0.6 is 0 Å². The molecule has 0 aliphatic rings. The predicted octanol–water partition coefficient (Wildman–Crippen LogP) is 2.53. The van der Waals surface area contributed by atoms with Crippen molar-refractivity contribution in [2.24, 2.45) is 0 Å². The summed E-state index contributed by atoms with van der Waals surface area (Å²) in [7, 11) is 1.50.